The Morgan fingerprint density at radius 2 is 2.26 bits per heavy atom. The van der Waals surface area contributed by atoms with Gasteiger partial charge in [0.05, 0.1) is 5.56 Å². The highest BCUT2D eigenvalue weighted by molar-refractivity contribution is 5.96. The van der Waals surface area contributed by atoms with Crippen molar-refractivity contribution in [3.05, 3.63) is 41.5 Å². The molecule has 2 aromatic rings. The van der Waals surface area contributed by atoms with Crippen LogP contribution in [0.25, 0.3) is 0 Å². The Labute approximate surface area is 134 Å². The van der Waals surface area contributed by atoms with Gasteiger partial charge in [-0.2, -0.15) is 4.98 Å². The summed E-state index contributed by atoms with van der Waals surface area (Å²) in [4.78, 5) is 16.4. The lowest BCUT2D eigenvalue weighted by Crippen LogP contribution is -2.38. The molecule has 1 aromatic carbocycles. The van der Waals surface area contributed by atoms with E-state index in [2.05, 4.69) is 15.5 Å². The molecule has 1 aliphatic carbocycles. The van der Waals surface area contributed by atoms with Crippen molar-refractivity contribution in [2.75, 3.05) is 6.54 Å². The topological polar surface area (TPSA) is 103 Å². The number of nitrogens with one attached hydrogen (secondary N) is 1. The van der Waals surface area contributed by atoms with E-state index in [1.807, 2.05) is 6.07 Å². The van der Waals surface area contributed by atoms with Crippen LogP contribution < -0.4 is 15.8 Å². The second-order valence-electron chi connectivity index (χ2n) is 5.73. The van der Waals surface area contributed by atoms with Crippen molar-refractivity contribution in [1.29, 1.82) is 0 Å². The molecule has 1 fully saturated rings. The maximum Gasteiger partial charge on any atom is 0.255 e. The number of aromatic nitrogens is 2. The van der Waals surface area contributed by atoms with Crippen LogP contribution in [-0.2, 0) is 6.61 Å². The molecular weight excluding hydrogens is 296 g/mol. The third-order valence-electron chi connectivity index (χ3n) is 3.78. The zero-order valence-electron chi connectivity index (χ0n) is 13.0. The van der Waals surface area contributed by atoms with E-state index in [4.69, 9.17) is 15.0 Å². The number of ether oxygens (including phenoxy) is 1. The summed E-state index contributed by atoms with van der Waals surface area (Å²) in [5.74, 6) is 1.74. The van der Waals surface area contributed by atoms with Gasteiger partial charge in [0.1, 0.15) is 5.75 Å². The normalized spacial score (nSPS) is 15.2. The van der Waals surface area contributed by atoms with Crippen LogP contribution in [0.1, 0.15) is 34.9 Å². The van der Waals surface area contributed by atoms with E-state index in [0.29, 0.717) is 35.5 Å². The van der Waals surface area contributed by atoms with E-state index in [1.54, 1.807) is 25.1 Å². The zero-order chi connectivity index (χ0) is 16.2. The number of amides is 1. The summed E-state index contributed by atoms with van der Waals surface area (Å²) < 4.78 is 10.5. The second-order valence-corrected chi connectivity index (χ2v) is 5.73. The second kappa shape index (κ2) is 6.78. The fourth-order valence-corrected chi connectivity index (χ4v) is 2.32. The predicted octanol–water partition coefficient (Wildman–Crippen LogP) is 1.42. The number of hydrogen-bond donors (Lipinski definition) is 2. The average molecular weight is 316 g/mol. The minimum absolute atomic E-state index is 0.0225. The van der Waals surface area contributed by atoms with Gasteiger partial charge in [-0.05, 0) is 30.9 Å². The molecule has 1 amide bonds. The summed E-state index contributed by atoms with van der Waals surface area (Å²) in [6.45, 7) is 2.33. The lowest BCUT2D eigenvalue weighted by molar-refractivity contribution is 0.0945. The van der Waals surface area contributed by atoms with Gasteiger partial charge in [0.25, 0.3) is 5.91 Å². The van der Waals surface area contributed by atoms with E-state index in [1.165, 1.54) is 0 Å². The largest absolute Gasteiger partial charge is 0.485 e. The van der Waals surface area contributed by atoms with Gasteiger partial charge in [-0.1, -0.05) is 17.3 Å². The molecule has 3 N–H and O–H groups in total. The summed E-state index contributed by atoms with van der Waals surface area (Å²) in [6.07, 6.45) is 2.31. The van der Waals surface area contributed by atoms with Crippen LogP contribution in [0.3, 0.4) is 0 Å². The molecule has 1 aromatic heterocycles. The SMILES string of the molecule is Cc1nc(COc2ccccc2C(=O)NCC(N)C2CC2)no1. The Morgan fingerprint density at radius 3 is 2.96 bits per heavy atom. The summed E-state index contributed by atoms with van der Waals surface area (Å²) >= 11 is 0. The molecule has 122 valence electrons. The number of para-hydroxylation sites is 1. The standard InChI is InChI=1S/C16H20N4O3/c1-10-19-15(20-23-10)9-22-14-5-3-2-4-12(14)16(21)18-8-13(17)11-6-7-11/h2-5,11,13H,6-9,17H2,1H3,(H,18,21). The maximum atomic E-state index is 12.3. The fourth-order valence-electron chi connectivity index (χ4n) is 2.32. The Bertz CT molecular complexity index is 681. The van der Waals surface area contributed by atoms with Gasteiger partial charge in [-0.3, -0.25) is 4.79 Å². The van der Waals surface area contributed by atoms with Crippen LogP contribution in [-0.4, -0.2) is 28.6 Å². The molecule has 7 heteroatoms. The van der Waals surface area contributed by atoms with Crippen LogP contribution >= 0.6 is 0 Å². The molecular formula is C16H20N4O3. The first-order chi connectivity index (χ1) is 11.1. The van der Waals surface area contributed by atoms with E-state index in [-0.39, 0.29) is 18.6 Å². The van der Waals surface area contributed by atoms with Crippen LogP contribution in [0, 0.1) is 12.8 Å². The molecule has 1 atom stereocenters. The Hall–Kier alpha value is -2.41. The number of hydrogen-bond acceptors (Lipinski definition) is 6. The molecule has 0 spiro atoms. The van der Waals surface area contributed by atoms with E-state index < -0.39 is 0 Å². The first-order valence-corrected chi connectivity index (χ1v) is 7.68. The lowest BCUT2D eigenvalue weighted by atomic mass is 10.1. The highest BCUT2D eigenvalue weighted by Gasteiger charge is 2.28. The molecule has 1 aliphatic rings. The first kappa shape index (κ1) is 15.5. The molecule has 1 heterocycles. The van der Waals surface area contributed by atoms with Crippen molar-refractivity contribution in [2.45, 2.75) is 32.4 Å². The first-order valence-electron chi connectivity index (χ1n) is 7.68. The number of carbonyl (C=O) groups is 1. The summed E-state index contributed by atoms with van der Waals surface area (Å²) in [5.41, 5.74) is 6.48. The van der Waals surface area contributed by atoms with Gasteiger partial charge < -0.3 is 20.3 Å². The predicted molar refractivity (Wildman–Crippen MR) is 82.8 cm³/mol. The Kier molecular flexibility index (Phi) is 4.57. The van der Waals surface area contributed by atoms with Crippen LogP contribution in [0.2, 0.25) is 0 Å². The van der Waals surface area contributed by atoms with Crippen molar-refractivity contribution in [3.8, 4) is 5.75 Å². The van der Waals surface area contributed by atoms with Gasteiger partial charge in [0.15, 0.2) is 6.61 Å². The molecule has 1 unspecified atom stereocenters. The van der Waals surface area contributed by atoms with Gasteiger partial charge in [0.2, 0.25) is 11.7 Å². The Balaban J connectivity index is 1.60. The highest BCUT2D eigenvalue weighted by Crippen LogP contribution is 2.31. The summed E-state index contributed by atoms with van der Waals surface area (Å²) in [5, 5.41) is 6.63. The molecule has 0 bridgehead atoms. The minimum Gasteiger partial charge on any atom is -0.485 e. The molecule has 0 aliphatic heterocycles. The number of benzene rings is 1. The van der Waals surface area contributed by atoms with Crippen molar-refractivity contribution >= 4 is 5.91 Å². The number of carbonyl (C=O) groups excluding carboxylic acids is 1. The number of rotatable bonds is 7. The monoisotopic (exact) mass is 316 g/mol. The lowest BCUT2D eigenvalue weighted by Gasteiger charge is -2.13. The molecule has 7 nitrogen and oxygen atoms in total. The van der Waals surface area contributed by atoms with E-state index in [0.717, 1.165) is 12.8 Å². The molecule has 0 saturated heterocycles. The minimum atomic E-state index is -0.194. The Morgan fingerprint density at radius 1 is 1.48 bits per heavy atom. The number of nitrogens with zero attached hydrogens (tertiary/aromatic N) is 2. The van der Waals surface area contributed by atoms with Crippen LogP contribution in [0.4, 0.5) is 0 Å². The third-order valence-corrected chi connectivity index (χ3v) is 3.78. The van der Waals surface area contributed by atoms with Gasteiger partial charge in [0, 0.05) is 19.5 Å². The van der Waals surface area contributed by atoms with Crippen molar-refractivity contribution in [2.24, 2.45) is 11.7 Å². The quantitative estimate of drug-likeness (QED) is 0.801. The summed E-state index contributed by atoms with van der Waals surface area (Å²) in [6, 6.07) is 7.08. The fraction of sp³-hybridized carbons (Fsp3) is 0.438. The molecule has 0 radical (unpaired) electrons. The van der Waals surface area contributed by atoms with Crippen molar-refractivity contribution in [3.63, 3.8) is 0 Å². The van der Waals surface area contributed by atoms with E-state index >= 15 is 0 Å². The van der Waals surface area contributed by atoms with Crippen molar-refractivity contribution < 1.29 is 14.1 Å². The third kappa shape index (κ3) is 4.07. The molecule has 23 heavy (non-hydrogen) atoms. The van der Waals surface area contributed by atoms with Gasteiger partial charge in [-0.15, -0.1) is 0 Å². The number of aryl methyl sites for hydroxylation is 1. The average Bonchev–Trinajstić information content (AvgIpc) is 3.33. The smallest absolute Gasteiger partial charge is 0.255 e. The van der Waals surface area contributed by atoms with Gasteiger partial charge in [-0.25, -0.2) is 0 Å². The van der Waals surface area contributed by atoms with Crippen LogP contribution in [0.5, 0.6) is 5.75 Å². The van der Waals surface area contributed by atoms with Crippen LogP contribution in [0.15, 0.2) is 28.8 Å². The maximum absolute atomic E-state index is 12.3. The molecule has 1 saturated carbocycles. The van der Waals surface area contributed by atoms with Gasteiger partial charge >= 0.3 is 0 Å². The zero-order valence-corrected chi connectivity index (χ0v) is 13.0. The highest BCUT2D eigenvalue weighted by atomic mass is 16.5. The number of nitrogens with two attached hydrogens (primary N) is 1. The van der Waals surface area contributed by atoms with E-state index in [9.17, 15) is 4.79 Å². The summed E-state index contributed by atoms with van der Waals surface area (Å²) in [7, 11) is 0. The molecule has 3 rings (SSSR count). The van der Waals surface area contributed by atoms with Crippen molar-refractivity contribution in [1.82, 2.24) is 15.5 Å².